The second kappa shape index (κ2) is 10.2. The molecule has 2 saturated heterocycles. The van der Waals surface area contributed by atoms with Crippen molar-refractivity contribution in [3.8, 4) is 0 Å². The Kier molecular flexibility index (Phi) is 6.81. The number of nitrogens with zero attached hydrogens (tertiary/aromatic N) is 3. The first-order valence-electron chi connectivity index (χ1n) is 12.0. The van der Waals surface area contributed by atoms with Crippen molar-refractivity contribution in [2.75, 3.05) is 29.1 Å². The van der Waals surface area contributed by atoms with Crippen LogP contribution in [0.4, 0.5) is 21.0 Å². The van der Waals surface area contributed by atoms with E-state index in [1.54, 1.807) is 43.3 Å². The molecule has 3 N–H and O–H groups in total. The lowest BCUT2D eigenvalue weighted by atomic mass is 10.0. The molecule has 2 aromatic carbocycles. The highest BCUT2D eigenvalue weighted by Gasteiger charge is 2.53. The molecule has 0 spiro atoms. The molecule has 1 unspecified atom stereocenters. The zero-order valence-corrected chi connectivity index (χ0v) is 21.2. The van der Waals surface area contributed by atoms with Crippen LogP contribution in [0, 0.1) is 0 Å². The number of carbonyl (C=O) groups is 5. The van der Waals surface area contributed by atoms with E-state index in [2.05, 4.69) is 10.6 Å². The second-order valence-electron chi connectivity index (χ2n) is 9.07. The molecule has 0 radical (unpaired) electrons. The van der Waals surface area contributed by atoms with Gasteiger partial charge in [0.2, 0.25) is 5.91 Å². The van der Waals surface area contributed by atoms with Crippen LogP contribution >= 0.6 is 11.8 Å². The summed E-state index contributed by atoms with van der Waals surface area (Å²) in [5.41, 5.74) is 2.15. The first-order chi connectivity index (χ1) is 18.3. The largest absolute Gasteiger partial charge is 0.477 e. The van der Waals surface area contributed by atoms with E-state index in [0.29, 0.717) is 34.8 Å². The van der Waals surface area contributed by atoms with Crippen LogP contribution in [0.5, 0.6) is 0 Å². The Morgan fingerprint density at radius 3 is 2.47 bits per heavy atom. The number of anilines is 2. The number of benzene rings is 2. The molecule has 6 amide bonds. The summed E-state index contributed by atoms with van der Waals surface area (Å²) in [6.45, 7) is 2.25. The van der Waals surface area contributed by atoms with E-state index in [0.717, 1.165) is 4.90 Å². The Hall–Kier alpha value is -4.32. The topological polar surface area (TPSA) is 139 Å². The number of carboxylic acid groups (broad SMARTS) is 1. The van der Waals surface area contributed by atoms with Crippen molar-refractivity contribution in [1.29, 1.82) is 0 Å². The molecule has 0 aliphatic carbocycles. The smallest absolute Gasteiger partial charge is 0.352 e. The van der Waals surface area contributed by atoms with Gasteiger partial charge in [0.1, 0.15) is 17.1 Å². The molecular weight excluding hydrogens is 510 g/mol. The van der Waals surface area contributed by atoms with Crippen LogP contribution in [0.3, 0.4) is 0 Å². The van der Waals surface area contributed by atoms with Crippen LogP contribution in [0.2, 0.25) is 0 Å². The van der Waals surface area contributed by atoms with Crippen LogP contribution in [0.1, 0.15) is 12.5 Å². The number of β-lactam (4-membered cyclic amide) rings is 1. The van der Waals surface area contributed by atoms with Gasteiger partial charge in [-0.3, -0.25) is 19.4 Å². The summed E-state index contributed by atoms with van der Waals surface area (Å²) in [7, 11) is 0. The maximum absolute atomic E-state index is 12.9. The summed E-state index contributed by atoms with van der Waals surface area (Å²) in [6.07, 6.45) is -0.123. The minimum Gasteiger partial charge on any atom is -0.477 e. The molecule has 0 aromatic heterocycles. The van der Waals surface area contributed by atoms with E-state index in [1.807, 2.05) is 18.2 Å². The fraction of sp³-hybridized carbons (Fsp3) is 0.269. The van der Waals surface area contributed by atoms with E-state index in [-0.39, 0.29) is 18.7 Å². The average molecular weight is 536 g/mol. The predicted octanol–water partition coefficient (Wildman–Crippen LogP) is 2.46. The molecule has 3 heterocycles. The van der Waals surface area contributed by atoms with Gasteiger partial charge in [-0.1, -0.05) is 36.4 Å². The maximum atomic E-state index is 12.9. The maximum Gasteiger partial charge on any atom is 0.352 e. The van der Waals surface area contributed by atoms with Crippen molar-refractivity contribution in [3.63, 3.8) is 0 Å². The van der Waals surface area contributed by atoms with Gasteiger partial charge < -0.3 is 15.7 Å². The zero-order valence-electron chi connectivity index (χ0n) is 20.4. The van der Waals surface area contributed by atoms with E-state index in [1.165, 1.54) is 21.6 Å². The number of imide groups is 1. The predicted molar refractivity (Wildman–Crippen MR) is 140 cm³/mol. The first kappa shape index (κ1) is 25.3. The van der Waals surface area contributed by atoms with Crippen LogP contribution in [0.25, 0.3) is 0 Å². The van der Waals surface area contributed by atoms with Gasteiger partial charge >= 0.3 is 18.0 Å². The van der Waals surface area contributed by atoms with Gasteiger partial charge in [0.05, 0.1) is 13.0 Å². The molecular formula is C26H25N5O6S. The molecule has 5 rings (SSSR count). The van der Waals surface area contributed by atoms with Crippen molar-refractivity contribution in [3.05, 3.63) is 71.4 Å². The normalized spacial score (nSPS) is 20.7. The Labute approximate surface area is 222 Å². The van der Waals surface area contributed by atoms with Gasteiger partial charge in [0.25, 0.3) is 5.91 Å². The third kappa shape index (κ3) is 4.58. The summed E-state index contributed by atoms with van der Waals surface area (Å²) in [6, 6.07) is 13.9. The minimum absolute atomic E-state index is 0.0282. The van der Waals surface area contributed by atoms with Crippen LogP contribution in [-0.4, -0.2) is 75.0 Å². The molecule has 38 heavy (non-hydrogen) atoms. The lowest BCUT2D eigenvalue weighted by Crippen LogP contribution is -2.70. The van der Waals surface area contributed by atoms with E-state index < -0.39 is 41.3 Å². The number of nitrogens with one attached hydrogen (secondary N) is 2. The van der Waals surface area contributed by atoms with Gasteiger partial charge in [0.15, 0.2) is 0 Å². The lowest BCUT2D eigenvalue weighted by molar-refractivity contribution is -0.150. The first-order valence-corrected chi connectivity index (χ1v) is 13.0. The monoisotopic (exact) mass is 535 g/mol. The van der Waals surface area contributed by atoms with Gasteiger partial charge in [0, 0.05) is 23.7 Å². The van der Waals surface area contributed by atoms with Crippen molar-refractivity contribution < 1.29 is 29.1 Å². The Morgan fingerprint density at radius 1 is 1.03 bits per heavy atom. The van der Waals surface area contributed by atoms with Crippen LogP contribution < -0.4 is 15.5 Å². The van der Waals surface area contributed by atoms with Gasteiger partial charge in [-0.25, -0.2) is 19.3 Å². The highest BCUT2D eigenvalue weighted by molar-refractivity contribution is 8.00. The minimum atomic E-state index is -1.17. The Bertz CT molecular complexity index is 1360. The third-order valence-corrected chi connectivity index (χ3v) is 8.03. The second-order valence-corrected chi connectivity index (χ2v) is 10.2. The number of rotatable bonds is 6. The summed E-state index contributed by atoms with van der Waals surface area (Å²) in [4.78, 5) is 66.8. The van der Waals surface area contributed by atoms with E-state index in [4.69, 9.17) is 0 Å². The fourth-order valence-electron chi connectivity index (χ4n) is 4.72. The van der Waals surface area contributed by atoms with Gasteiger partial charge in [-0.05, 0) is 36.3 Å². The highest BCUT2D eigenvalue weighted by Crippen LogP contribution is 2.40. The molecule has 3 aliphatic rings. The summed E-state index contributed by atoms with van der Waals surface area (Å²) in [5, 5.41) is 14.4. The number of thioether (sulfide) groups is 1. The molecule has 3 aliphatic heterocycles. The van der Waals surface area contributed by atoms with E-state index >= 15 is 0 Å². The molecule has 196 valence electrons. The fourth-order valence-corrected chi connectivity index (χ4v) is 6.02. The molecule has 12 heteroatoms. The van der Waals surface area contributed by atoms with Gasteiger partial charge in [-0.15, -0.1) is 11.8 Å². The Morgan fingerprint density at radius 2 is 1.74 bits per heavy atom. The van der Waals surface area contributed by atoms with Gasteiger partial charge in [-0.2, -0.15) is 0 Å². The number of hydrogen-bond donors (Lipinski definition) is 3. The number of carbonyl (C=O) groups excluding carboxylic acids is 4. The molecule has 2 atom stereocenters. The molecule has 2 aromatic rings. The number of fused-ring (bicyclic) bond motifs is 1. The van der Waals surface area contributed by atoms with Crippen molar-refractivity contribution >= 4 is 53.0 Å². The highest BCUT2D eigenvalue weighted by atomic mass is 32.2. The number of amides is 6. The summed E-state index contributed by atoms with van der Waals surface area (Å²) < 4.78 is 0. The Balaban J connectivity index is 1.22. The quantitative estimate of drug-likeness (QED) is 0.483. The number of aliphatic carboxylic acids is 1. The molecule has 2 fully saturated rings. The van der Waals surface area contributed by atoms with Crippen LogP contribution in [0.15, 0.2) is 65.9 Å². The van der Waals surface area contributed by atoms with Crippen LogP contribution in [-0.2, 0) is 20.8 Å². The average Bonchev–Trinajstić information content (AvgIpc) is 3.29. The summed E-state index contributed by atoms with van der Waals surface area (Å²) in [5.74, 6) is -1.63. The molecule has 0 saturated carbocycles. The standard InChI is InChI=1S/C26H25N5O6S/c1-15-14-38-23-20(22(33)31(23)21(15)24(34)35)28-19(32)13-16-7-5-6-10-18(16)27-25(36)30-12-11-29(26(30)37)17-8-3-2-4-9-17/h2-10,20,23H,11-14H2,1H3,(H,27,36)(H,28,32)(H,34,35)/t20?,23-/m1/s1. The van der Waals surface area contributed by atoms with Crippen molar-refractivity contribution in [2.24, 2.45) is 0 Å². The lowest BCUT2D eigenvalue weighted by Gasteiger charge is -2.49. The number of urea groups is 2. The number of hydrogen-bond acceptors (Lipinski definition) is 6. The number of carboxylic acids is 1. The van der Waals surface area contributed by atoms with E-state index in [9.17, 15) is 29.1 Å². The molecule has 11 nitrogen and oxygen atoms in total. The van der Waals surface area contributed by atoms with Crippen molar-refractivity contribution in [1.82, 2.24) is 15.1 Å². The molecule has 0 bridgehead atoms. The SMILES string of the molecule is CC1=C(C(=O)O)N2C(=O)C(NC(=O)Cc3ccccc3NC(=O)N3CCN(c4ccccc4)C3=O)[C@H]2SC1. The van der Waals surface area contributed by atoms with Crippen molar-refractivity contribution in [2.45, 2.75) is 24.8 Å². The number of para-hydroxylation sites is 2. The zero-order chi connectivity index (χ0) is 27.0. The third-order valence-electron chi connectivity index (χ3n) is 6.61. The summed E-state index contributed by atoms with van der Waals surface area (Å²) >= 11 is 1.40.